The number of imidazole rings is 1. The van der Waals surface area contributed by atoms with E-state index in [1.54, 1.807) is 32.3 Å². The van der Waals surface area contributed by atoms with Crippen LogP contribution in [0, 0.1) is 0 Å². The first-order valence-electron chi connectivity index (χ1n) is 9.04. The molecule has 0 atom stereocenters. The van der Waals surface area contributed by atoms with Crippen molar-refractivity contribution in [3.05, 3.63) is 84.2 Å². The first-order chi connectivity index (χ1) is 13.3. The summed E-state index contributed by atoms with van der Waals surface area (Å²) in [5.74, 6) is -0.451. The van der Waals surface area contributed by atoms with Crippen LogP contribution in [0.25, 0.3) is 27.8 Å². The molecular formula is C23H21N3O2. The summed E-state index contributed by atoms with van der Waals surface area (Å²) < 4.78 is 1.99. The summed E-state index contributed by atoms with van der Waals surface area (Å²) in [6.45, 7) is 3.51. The van der Waals surface area contributed by atoms with E-state index in [0.717, 1.165) is 33.4 Å². The Labute approximate surface area is 163 Å². The van der Waals surface area contributed by atoms with Crippen molar-refractivity contribution in [1.29, 1.82) is 0 Å². The predicted molar refractivity (Wildman–Crippen MR) is 110 cm³/mol. The highest BCUT2D eigenvalue weighted by Crippen LogP contribution is 2.28. The van der Waals surface area contributed by atoms with Crippen molar-refractivity contribution in [2.24, 2.45) is 5.73 Å². The summed E-state index contributed by atoms with van der Waals surface area (Å²) in [4.78, 5) is 16.3. The van der Waals surface area contributed by atoms with Gasteiger partial charge in [-0.25, -0.2) is 4.98 Å². The minimum absolute atomic E-state index is 0.451. The minimum Gasteiger partial charge on any atom is -0.386 e. The van der Waals surface area contributed by atoms with Gasteiger partial charge in [0.2, 0.25) is 5.91 Å². The average molecular weight is 371 g/mol. The first-order valence-corrected chi connectivity index (χ1v) is 9.04. The van der Waals surface area contributed by atoms with Gasteiger partial charge in [-0.1, -0.05) is 36.4 Å². The van der Waals surface area contributed by atoms with Crippen molar-refractivity contribution in [3.63, 3.8) is 0 Å². The van der Waals surface area contributed by atoms with Gasteiger partial charge in [-0.05, 0) is 60.9 Å². The van der Waals surface area contributed by atoms with Crippen molar-refractivity contribution in [1.82, 2.24) is 9.55 Å². The molecule has 4 aromatic rings. The number of fused-ring (bicyclic) bond motifs is 1. The van der Waals surface area contributed by atoms with Crippen LogP contribution < -0.4 is 5.73 Å². The van der Waals surface area contributed by atoms with Crippen LogP contribution in [0.4, 0.5) is 0 Å². The molecule has 0 fully saturated rings. The first kappa shape index (κ1) is 17.9. The monoisotopic (exact) mass is 371 g/mol. The SMILES string of the molecule is CC(C)(O)c1ccc2c(c1)ncn2-c1cccc(-c2ccccc2C(N)=O)c1. The standard InChI is InChI=1S/C23H21N3O2/c1-23(2,28)16-10-11-21-20(13-16)25-14-26(21)17-7-5-6-15(12-17)18-8-3-4-9-19(18)22(24)27/h3-14,28H,1-2H3,(H2,24,27). The van der Waals surface area contributed by atoms with Crippen molar-refractivity contribution >= 4 is 16.9 Å². The molecule has 1 aromatic heterocycles. The number of nitrogens with two attached hydrogens (primary N) is 1. The van der Waals surface area contributed by atoms with E-state index in [9.17, 15) is 9.90 Å². The Balaban J connectivity index is 1.82. The molecule has 0 unspecified atom stereocenters. The zero-order valence-electron chi connectivity index (χ0n) is 15.8. The van der Waals surface area contributed by atoms with Gasteiger partial charge in [0.25, 0.3) is 0 Å². The number of carbonyl (C=O) groups is 1. The fourth-order valence-electron chi connectivity index (χ4n) is 3.37. The van der Waals surface area contributed by atoms with E-state index in [1.165, 1.54) is 0 Å². The Kier molecular flexibility index (Phi) is 4.24. The summed E-state index contributed by atoms with van der Waals surface area (Å²) in [6.07, 6.45) is 1.76. The van der Waals surface area contributed by atoms with Crippen LogP contribution >= 0.6 is 0 Å². The molecular weight excluding hydrogens is 350 g/mol. The van der Waals surface area contributed by atoms with E-state index in [2.05, 4.69) is 4.98 Å². The Morgan fingerprint density at radius 3 is 2.57 bits per heavy atom. The maximum Gasteiger partial charge on any atom is 0.249 e. The minimum atomic E-state index is -0.920. The van der Waals surface area contributed by atoms with Crippen molar-refractivity contribution in [2.45, 2.75) is 19.4 Å². The molecule has 5 heteroatoms. The molecule has 5 nitrogen and oxygen atoms in total. The topological polar surface area (TPSA) is 81.1 Å². The Morgan fingerprint density at radius 1 is 1.04 bits per heavy atom. The molecule has 4 rings (SSSR count). The fraction of sp³-hybridized carbons (Fsp3) is 0.130. The number of aromatic nitrogens is 2. The number of nitrogens with zero attached hydrogens (tertiary/aromatic N) is 2. The summed E-state index contributed by atoms with van der Waals surface area (Å²) in [5, 5.41) is 10.2. The maximum atomic E-state index is 11.8. The Morgan fingerprint density at radius 2 is 1.82 bits per heavy atom. The quantitative estimate of drug-likeness (QED) is 0.568. The van der Waals surface area contributed by atoms with Crippen molar-refractivity contribution in [3.8, 4) is 16.8 Å². The van der Waals surface area contributed by atoms with E-state index >= 15 is 0 Å². The zero-order chi connectivity index (χ0) is 19.9. The molecule has 0 saturated heterocycles. The molecule has 0 radical (unpaired) electrons. The van der Waals surface area contributed by atoms with E-state index in [0.29, 0.717) is 5.56 Å². The van der Waals surface area contributed by atoms with Crippen LogP contribution in [0.15, 0.2) is 73.1 Å². The lowest BCUT2D eigenvalue weighted by atomic mass is 9.98. The molecule has 0 saturated carbocycles. The molecule has 0 aliphatic rings. The number of carbonyl (C=O) groups excluding carboxylic acids is 1. The van der Waals surface area contributed by atoms with Crippen LogP contribution in [0.2, 0.25) is 0 Å². The highest BCUT2D eigenvalue weighted by molar-refractivity contribution is 6.00. The van der Waals surface area contributed by atoms with Gasteiger partial charge >= 0.3 is 0 Å². The van der Waals surface area contributed by atoms with E-state index < -0.39 is 11.5 Å². The summed E-state index contributed by atoms with van der Waals surface area (Å²) in [6, 6.07) is 21.0. The largest absolute Gasteiger partial charge is 0.386 e. The highest BCUT2D eigenvalue weighted by atomic mass is 16.3. The number of aliphatic hydroxyl groups is 1. The number of primary amides is 1. The normalized spacial score (nSPS) is 11.7. The fourth-order valence-corrected chi connectivity index (χ4v) is 3.37. The predicted octanol–water partition coefficient (Wildman–Crippen LogP) is 4.02. The Bertz CT molecular complexity index is 1190. The van der Waals surface area contributed by atoms with Gasteiger partial charge in [-0.15, -0.1) is 0 Å². The molecule has 0 spiro atoms. The lowest BCUT2D eigenvalue weighted by molar-refractivity contribution is 0.0787. The second-order valence-electron chi connectivity index (χ2n) is 7.34. The van der Waals surface area contributed by atoms with E-state index in [-0.39, 0.29) is 0 Å². The number of amides is 1. The third-order valence-corrected chi connectivity index (χ3v) is 4.88. The summed E-state index contributed by atoms with van der Waals surface area (Å²) in [5.41, 5.74) is 10.3. The van der Waals surface area contributed by atoms with Gasteiger partial charge in [-0.3, -0.25) is 9.36 Å². The molecule has 3 N–H and O–H groups in total. The molecule has 0 bridgehead atoms. The van der Waals surface area contributed by atoms with Crippen LogP contribution in [-0.2, 0) is 5.60 Å². The molecule has 0 aliphatic carbocycles. The molecule has 1 amide bonds. The van der Waals surface area contributed by atoms with E-state index in [1.807, 2.05) is 59.2 Å². The van der Waals surface area contributed by atoms with Crippen molar-refractivity contribution < 1.29 is 9.90 Å². The average Bonchev–Trinajstić information content (AvgIpc) is 3.10. The van der Waals surface area contributed by atoms with Crippen LogP contribution in [0.3, 0.4) is 0 Å². The lowest BCUT2D eigenvalue weighted by Crippen LogP contribution is -2.15. The van der Waals surface area contributed by atoms with Crippen LogP contribution in [-0.4, -0.2) is 20.6 Å². The van der Waals surface area contributed by atoms with Gasteiger partial charge in [0, 0.05) is 11.3 Å². The third-order valence-electron chi connectivity index (χ3n) is 4.88. The molecule has 140 valence electrons. The third kappa shape index (κ3) is 3.17. The Hall–Kier alpha value is -3.44. The molecule has 1 heterocycles. The van der Waals surface area contributed by atoms with E-state index in [4.69, 9.17) is 5.73 Å². The van der Waals surface area contributed by atoms with Crippen molar-refractivity contribution in [2.75, 3.05) is 0 Å². The lowest BCUT2D eigenvalue weighted by Gasteiger charge is -2.17. The second-order valence-corrected chi connectivity index (χ2v) is 7.34. The molecule has 0 aliphatic heterocycles. The van der Waals surface area contributed by atoms with Crippen LogP contribution in [0.1, 0.15) is 29.8 Å². The van der Waals surface area contributed by atoms with Gasteiger partial charge < -0.3 is 10.8 Å². The van der Waals surface area contributed by atoms with Gasteiger partial charge in [0.05, 0.1) is 16.6 Å². The molecule has 3 aromatic carbocycles. The number of rotatable bonds is 4. The maximum absolute atomic E-state index is 11.8. The summed E-state index contributed by atoms with van der Waals surface area (Å²) >= 11 is 0. The van der Waals surface area contributed by atoms with Gasteiger partial charge in [0.15, 0.2) is 0 Å². The number of hydrogen-bond acceptors (Lipinski definition) is 3. The number of hydrogen-bond donors (Lipinski definition) is 2. The smallest absolute Gasteiger partial charge is 0.249 e. The second kappa shape index (κ2) is 6.62. The number of benzene rings is 3. The van der Waals surface area contributed by atoms with Gasteiger partial charge in [0.1, 0.15) is 6.33 Å². The van der Waals surface area contributed by atoms with Gasteiger partial charge in [-0.2, -0.15) is 0 Å². The summed E-state index contributed by atoms with van der Waals surface area (Å²) in [7, 11) is 0. The van der Waals surface area contributed by atoms with Crippen LogP contribution in [0.5, 0.6) is 0 Å². The molecule has 28 heavy (non-hydrogen) atoms. The zero-order valence-corrected chi connectivity index (χ0v) is 15.8. The highest BCUT2D eigenvalue weighted by Gasteiger charge is 2.17.